The first-order chi connectivity index (χ1) is 17.3. The minimum absolute atomic E-state index is 0.0379. The van der Waals surface area contributed by atoms with E-state index in [0.717, 1.165) is 0 Å². The van der Waals surface area contributed by atoms with E-state index in [9.17, 15) is 42.8 Å². The minimum Gasteiger partial charge on any atom is -0.477 e. The first kappa shape index (κ1) is 25.8. The lowest BCUT2D eigenvalue weighted by Crippen LogP contribution is -2.71. The number of nitro benzene ring substituents is 1. The van der Waals surface area contributed by atoms with Gasteiger partial charge in [-0.3, -0.25) is 24.6 Å². The maximum absolute atomic E-state index is 13.0. The molecule has 1 aromatic carbocycles. The van der Waals surface area contributed by atoms with E-state index >= 15 is 0 Å². The Morgan fingerprint density at radius 1 is 1.22 bits per heavy atom. The molecule has 3 N–H and O–H groups in total. The highest BCUT2D eigenvalue weighted by atomic mass is 19.4. The first-order valence-electron chi connectivity index (χ1n) is 10.9. The van der Waals surface area contributed by atoms with Crippen LogP contribution >= 0.6 is 0 Å². The molecule has 4 aliphatic heterocycles. The minimum atomic E-state index is -5.08. The standard InChI is InChI=1S/C20H18N4O6.C2HF3O2/c25-18-10(5-7-22(18)11-2-1-3-12(9-11)24(29)30)8-14-13-4-6-21-15-16(13)23(19(15)26)17(14)20(27)28;3-2(4,5)1(6)7/h1-3,8-9,13,15-16,21H,4-7H2,(H,27,28);(H,6,7)/b10-8+;/t13?,15-,16+;/m0./s1. The van der Waals surface area contributed by atoms with Gasteiger partial charge in [0.05, 0.1) is 16.7 Å². The monoisotopic (exact) mass is 524 g/mol. The van der Waals surface area contributed by atoms with Gasteiger partial charge >= 0.3 is 18.1 Å². The number of hydrogen-bond acceptors (Lipinski definition) is 7. The Balaban J connectivity index is 0.000000405. The fourth-order valence-electron chi connectivity index (χ4n) is 4.97. The molecule has 1 aromatic rings. The van der Waals surface area contributed by atoms with Crippen LogP contribution in [0.5, 0.6) is 0 Å². The second kappa shape index (κ2) is 9.31. The number of halogens is 3. The molecule has 0 radical (unpaired) electrons. The molecule has 0 aromatic heterocycles. The van der Waals surface area contributed by atoms with Crippen molar-refractivity contribution in [3.63, 3.8) is 0 Å². The molecular formula is C22H19F3N4O8. The first-order valence-corrected chi connectivity index (χ1v) is 10.9. The highest BCUT2D eigenvalue weighted by molar-refractivity contribution is 6.09. The molecule has 5 rings (SSSR count). The number of rotatable bonds is 4. The molecule has 37 heavy (non-hydrogen) atoms. The highest BCUT2D eigenvalue weighted by Gasteiger charge is 2.60. The number of carbonyl (C=O) groups is 4. The highest BCUT2D eigenvalue weighted by Crippen LogP contribution is 2.47. The van der Waals surface area contributed by atoms with Crippen molar-refractivity contribution in [3.05, 3.63) is 57.3 Å². The molecule has 3 saturated heterocycles. The number of nitrogens with one attached hydrogen (secondary N) is 1. The van der Waals surface area contributed by atoms with Gasteiger partial charge in [-0.25, -0.2) is 9.59 Å². The predicted molar refractivity (Wildman–Crippen MR) is 117 cm³/mol. The Labute approximate surface area is 205 Å². The van der Waals surface area contributed by atoms with Gasteiger partial charge in [0.25, 0.3) is 11.6 Å². The van der Waals surface area contributed by atoms with Crippen molar-refractivity contribution >= 4 is 35.1 Å². The molecule has 4 aliphatic rings. The largest absolute Gasteiger partial charge is 0.490 e. The Kier molecular flexibility index (Phi) is 6.50. The molecule has 2 amide bonds. The molecule has 0 aliphatic carbocycles. The zero-order valence-corrected chi connectivity index (χ0v) is 18.8. The molecule has 1 unspecified atom stereocenters. The van der Waals surface area contributed by atoms with Gasteiger partial charge < -0.3 is 20.4 Å². The number of aliphatic carboxylic acids is 2. The van der Waals surface area contributed by atoms with E-state index in [-0.39, 0.29) is 41.2 Å². The smallest absolute Gasteiger partial charge is 0.477 e. The Morgan fingerprint density at radius 2 is 1.89 bits per heavy atom. The lowest BCUT2D eigenvalue weighted by atomic mass is 9.79. The third-order valence-corrected chi connectivity index (χ3v) is 6.54. The number of hydrogen-bond donors (Lipinski definition) is 3. The van der Waals surface area contributed by atoms with Gasteiger partial charge in [0, 0.05) is 30.2 Å². The van der Waals surface area contributed by atoms with Gasteiger partial charge in [-0.1, -0.05) is 6.07 Å². The Bertz CT molecular complexity index is 1270. The van der Waals surface area contributed by atoms with Gasteiger partial charge in [-0.15, -0.1) is 0 Å². The number of alkyl halides is 3. The van der Waals surface area contributed by atoms with E-state index in [0.29, 0.717) is 42.8 Å². The quantitative estimate of drug-likeness (QED) is 0.228. The molecule has 0 saturated carbocycles. The zero-order valence-electron chi connectivity index (χ0n) is 18.8. The maximum Gasteiger partial charge on any atom is 0.490 e. The van der Waals surface area contributed by atoms with Crippen LogP contribution in [0, 0.1) is 16.0 Å². The van der Waals surface area contributed by atoms with Crippen LogP contribution in [0.4, 0.5) is 24.5 Å². The van der Waals surface area contributed by atoms with E-state index in [1.54, 1.807) is 12.1 Å². The summed E-state index contributed by atoms with van der Waals surface area (Å²) in [5.74, 6) is -4.60. The van der Waals surface area contributed by atoms with E-state index in [1.807, 2.05) is 0 Å². The SMILES string of the molecule is O=C(O)C(F)(F)F.O=C(O)C1=C(/C=C2\CCN(c3cccc([N+](=O)[O-])c3)C2=O)C2CCN[C@@H]3C(=O)N1[C@H]23. The molecule has 196 valence electrons. The molecule has 3 atom stereocenters. The number of non-ortho nitro benzene ring substituents is 1. The third kappa shape index (κ3) is 4.52. The number of benzene rings is 1. The molecule has 0 bridgehead atoms. The number of piperidine rings is 1. The molecule has 15 heteroatoms. The summed E-state index contributed by atoms with van der Waals surface area (Å²) in [4.78, 5) is 59.5. The maximum atomic E-state index is 13.0. The zero-order chi connectivity index (χ0) is 27.2. The number of carboxylic acid groups (broad SMARTS) is 2. The fraction of sp³-hybridized carbons (Fsp3) is 0.364. The number of anilines is 1. The number of β-lactam (4-membered cyclic amide) rings is 1. The van der Waals surface area contributed by atoms with Crippen LogP contribution in [0.15, 0.2) is 47.2 Å². The topological polar surface area (TPSA) is 170 Å². The summed E-state index contributed by atoms with van der Waals surface area (Å²) >= 11 is 0. The second-order valence-corrected chi connectivity index (χ2v) is 8.59. The van der Waals surface area contributed by atoms with E-state index in [1.165, 1.54) is 28.0 Å². The lowest BCUT2D eigenvalue weighted by Gasteiger charge is -2.48. The Morgan fingerprint density at radius 3 is 2.49 bits per heavy atom. The molecule has 4 heterocycles. The number of nitro groups is 1. The summed E-state index contributed by atoms with van der Waals surface area (Å²) in [5, 5.41) is 31.0. The summed E-state index contributed by atoms with van der Waals surface area (Å²) in [7, 11) is 0. The average Bonchev–Trinajstić information content (AvgIpc) is 3.36. The van der Waals surface area contributed by atoms with Crippen LogP contribution in [-0.2, 0) is 19.2 Å². The number of amides is 2. The van der Waals surface area contributed by atoms with Crippen molar-refractivity contribution < 1.29 is 47.5 Å². The van der Waals surface area contributed by atoms with Gasteiger partial charge in [0.2, 0.25) is 5.91 Å². The lowest BCUT2D eigenvalue weighted by molar-refractivity contribution is -0.384. The van der Waals surface area contributed by atoms with Gasteiger partial charge in [0.15, 0.2) is 0 Å². The number of nitrogens with zero attached hydrogens (tertiary/aromatic N) is 3. The Hall–Kier alpha value is -4.27. The van der Waals surface area contributed by atoms with Gasteiger partial charge in [0.1, 0.15) is 11.7 Å². The third-order valence-electron chi connectivity index (χ3n) is 6.54. The molecule has 3 fully saturated rings. The molecular weight excluding hydrogens is 505 g/mol. The van der Waals surface area contributed by atoms with Crippen molar-refractivity contribution in [1.82, 2.24) is 10.2 Å². The second-order valence-electron chi connectivity index (χ2n) is 8.59. The van der Waals surface area contributed by atoms with Crippen molar-refractivity contribution in [2.75, 3.05) is 18.0 Å². The normalized spacial score (nSPS) is 25.5. The average molecular weight is 524 g/mol. The van der Waals surface area contributed by atoms with Crippen LogP contribution in [0.2, 0.25) is 0 Å². The summed E-state index contributed by atoms with van der Waals surface area (Å²) in [5.41, 5.74) is 1.25. The van der Waals surface area contributed by atoms with Crippen molar-refractivity contribution in [2.24, 2.45) is 5.92 Å². The van der Waals surface area contributed by atoms with Crippen LogP contribution in [0.1, 0.15) is 12.8 Å². The van der Waals surface area contributed by atoms with Crippen molar-refractivity contribution in [3.8, 4) is 0 Å². The summed E-state index contributed by atoms with van der Waals surface area (Å²) in [6.45, 7) is 0.960. The molecule has 0 spiro atoms. The van der Waals surface area contributed by atoms with Crippen molar-refractivity contribution in [1.29, 1.82) is 0 Å². The van der Waals surface area contributed by atoms with Crippen LogP contribution < -0.4 is 10.2 Å². The fourth-order valence-corrected chi connectivity index (χ4v) is 4.97. The summed E-state index contributed by atoms with van der Waals surface area (Å²) < 4.78 is 31.7. The van der Waals surface area contributed by atoms with Crippen molar-refractivity contribution in [2.45, 2.75) is 31.1 Å². The number of carbonyl (C=O) groups excluding carboxylic acids is 2. The number of allylic oxidation sites excluding steroid dienone is 1. The summed E-state index contributed by atoms with van der Waals surface area (Å²) in [6.07, 6.45) is -2.38. The van der Waals surface area contributed by atoms with Crippen LogP contribution in [0.3, 0.4) is 0 Å². The number of carboxylic acids is 2. The molecule has 12 nitrogen and oxygen atoms in total. The van der Waals surface area contributed by atoms with E-state index < -0.39 is 23.0 Å². The summed E-state index contributed by atoms with van der Waals surface area (Å²) in [6, 6.07) is 5.28. The van der Waals surface area contributed by atoms with Gasteiger partial charge in [-0.05, 0) is 37.1 Å². The predicted octanol–water partition coefficient (Wildman–Crippen LogP) is 1.43. The van der Waals surface area contributed by atoms with E-state index in [2.05, 4.69) is 5.32 Å². The van der Waals surface area contributed by atoms with Crippen LogP contribution in [0.25, 0.3) is 0 Å². The van der Waals surface area contributed by atoms with E-state index in [4.69, 9.17) is 9.90 Å². The van der Waals surface area contributed by atoms with Gasteiger partial charge in [-0.2, -0.15) is 13.2 Å². The van der Waals surface area contributed by atoms with Crippen LogP contribution in [-0.4, -0.2) is 75.1 Å².